The molecule has 2 rings (SSSR count). The van der Waals surface area contributed by atoms with Crippen molar-refractivity contribution in [3.8, 4) is 0 Å². The van der Waals surface area contributed by atoms with E-state index in [1.807, 2.05) is 6.07 Å². The number of rotatable bonds is 5. The van der Waals surface area contributed by atoms with Crippen LogP contribution in [0, 0.1) is 0 Å². The van der Waals surface area contributed by atoms with Gasteiger partial charge in [-0.3, -0.25) is 4.72 Å². The van der Waals surface area contributed by atoms with Crippen molar-refractivity contribution < 1.29 is 8.42 Å². The highest BCUT2D eigenvalue weighted by atomic mass is 32.2. The van der Waals surface area contributed by atoms with Gasteiger partial charge in [-0.05, 0) is 18.2 Å². The molecule has 1 aromatic heterocycles. The van der Waals surface area contributed by atoms with Crippen molar-refractivity contribution in [2.24, 2.45) is 0 Å². The summed E-state index contributed by atoms with van der Waals surface area (Å²) >= 11 is 0. The number of sulfonamides is 1. The molecule has 0 atom stereocenters. The van der Waals surface area contributed by atoms with E-state index in [9.17, 15) is 8.42 Å². The SMILES string of the molecule is CS(=O)(=O)Nc1cccc(NCc2cncnc2)c1. The third-order valence-electron chi connectivity index (χ3n) is 2.28. The zero-order valence-corrected chi connectivity index (χ0v) is 11.2. The maximum absolute atomic E-state index is 11.1. The Morgan fingerprint density at radius 1 is 1.16 bits per heavy atom. The summed E-state index contributed by atoms with van der Waals surface area (Å²) in [4.78, 5) is 7.84. The Hall–Kier alpha value is -2.15. The van der Waals surface area contributed by atoms with Crippen LogP contribution in [0.15, 0.2) is 43.0 Å². The van der Waals surface area contributed by atoms with Gasteiger partial charge in [-0.25, -0.2) is 18.4 Å². The van der Waals surface area contributed by atoms with Gasteiger partial charge in [0.15, 0.2) is 0 Å². The van der Waals surface area contributed by atoms with E-state index >= 15 is 0 Å². The maximum atomic E-state index is 11.1. The highest BCUT2D eigenvalue weighted by Crippen LogP contribution is 2.16. The molecule has 0 radical (unpaired) electrons. The number of benzene rings is 1. The molecular formula is C12H14N4O2S. The molecule has 0 amide bonds. The Labute approximate surface area is 112 Å². The fourth-order valence-electron chi connectivity index (χ4n) is 1.53. The maximum Gasteiger partial charge on any atom is 0.229 e. The number of aromatic nitrogens is 2. The van der Waals surface area contributed by atoms with Gasteiger partial charge in [-0.15, -0.1) is 0 Å². The molecule has 1 heterocycles. The molecule has 0 bridgehead atoms. The third-order valence-corrected chi connectivity index (χ3v) is 2.88. The first-order valence-electron chi connectivity index (χ1n) is 5.58. The standard InChI is InChI=1S/C12H14N4O2S/c1-19(17,18)16-12-4-2-3-11(5-12)15-8-10-6-13-9-14-7-10/h2-7,9,15-16H,8H2,1H3. The normalized spacial score (nSPS) is 11.0. The summed E-state index contributed by atoms with van der Waals surface area (Å²) in [6.45, 7) is 0.573. The predicted molar refractivity (Wildman–Crippen MR) is 74.3 cm³/mol. The first-order chi connectivity index (χ1) is 9.03. The largest absolute Gasteiger partial charge is 0.381 e. The molecule has 0 fully saturated rings. The minimum atomic E-state index is -3.26. The van der Waals surface area contributed by atoms with Crippen LogP contribution in [-0.2, 0) is 16.6 Å². The molecule has 0 saturated carbocycles. The zero-order chi connectivity index (χ0) is 13.7. The van der Waals surface area contributed by atoms with E-state index in [1.165, 1.54) is 6.33 Å². The number of anilines is 2. The lowest BCUT2D eigenvalue weighted by atomic mass is 10.2. The average molecular weight is 278 g/mol. The van der Waals surface area contributed by atoms with Crippen LogP contribution in [0.3, 0.4) is 0 Å². The fraction of sp³-hybridized carbons (Fsp3) is 0.167. The van der Waals surface area contributed by atoms with E-state index in [2.05, 4.69) is 20.0 Å². The van der Waals surface area contributed by atoms with Crippen LogP contribution in [0.4, 0.5) is 11.4 Å². The van der Waals surface area contributed by atoms with Crippen LogP contribution in [0.2, 0.25) is 0 Å². The van der Waals surface area contributed by atoms with Crippen LogP contribution in [0.5, 0.6) is 0 Å². The van der Waals surface area contributed by atoms with Crippen molar-refractivity contribution >= 4 is 21.4 Å². The van der Waals surface area contributed by atoms with Crippen LogP contribution >= 0.6 is 0 Å². The van der Waals surface area contributed by atoms with Crippen molar-refractivity contribution in [1.29, 1.82) is 0 Å². The fourth-order valence-corrected chi connectivity index (χ4v) is 2.09. The molecule has 100 valence electrons. The molecule has 2 N–H and O–H groups in total. The summed E-state index contributed by atoms with van der Waals surface area (Å²) in [6, 6.07) is 7.05. The second kappa shape index (κ2) is 5.66. The van der Waals surface area contributed by atoms with Gasteiger partial charge in [0, 0.05) is 30.2 Å². The van der Waals surface area contributed by atoms with Gasteiger partial charge in [0.1, 0.15) is 6.33 Å². The molecule has 0 unspecified atom stereocenters. The van der Waals surface area contributed by atoms with Crippen LogP contribution in [0.25, 0.3) is 0 Å². The van der Waals surface area contributed by atoms with Crippen molar-refractivity contribution in [2.75, 3.05) is 16.3 Å². The molecule has 0 aliphatic carbocycles. The highest BCUT2D eigenvalue weighted by Gasteiger charge is 2.02. The first-order valence-corrected chi connectivity index (χ1v) is 7.48. The van der Waals surface area contributed by atoms with Crippen LogP contribution in [-0.4, -0.2) is 24.6 Å². The van der Waals surface area contributed by atoms with E-state index in [4.69, 9.17) is 0 Å². The first kappa shape index (κ1) is 13.3. The van der Waals surface area contributed by atoms with Gasteiger partial charge in [0.2, 0.25) is 10.0 Å². The molecule has 6 nitrogen and oxygen atoms in total. The third kappa shape index (κ3) is 4.55. The Morgan fingerprint density at radius 3 is 2.53 bits per heavy atom. The number of hydrogen-bond acceptors (Lipinski definition) is 5. The predicted octanol–water partition coefficient (Wildman–Crippen LogP) is 1.46. The molecule has 1 aromatic carbocycles. The molecule has 2 aromatic rings. The smallest absolute Gasteiger partial charge is 0.229 e. The number of nitrogens with zero attached hydrogens (tertiary/aromatic N) is 2. The molecule has 7 heteroatoms. The summed E-state index contributed by atoms with van der Waals surface area (Å²) < 4.78 is 24.7. The minimum Gasteiger partial charge on any atom is -0.381 e. The molecule has 0 spiro atoms. The lowest BCUT2D eigenvalue weighted by molar-refractivity contribution is 0.607. The van der Waals surface area contributed by atoms with E-state index in [0.29, 0.717) is 12.2 Å². The lowest BCUT2D eigenvalue weighted by Crippen LogP contribution is -2.09. The van der Waals surface area contributed by atoms with Crippen molar-refractivity contribution in [3.05, 3.63) is 48.5 Å². The second-order valence-corrected chi connectivity index (χ2v) is 5.80. The molecule has 0 saturated heterocycles. The van der Waals surface area contributed by atoms with Gasteiger partial charge in [0.25, 0.3) is 0 Å². The average Bonchev–Trinajstić information content (AvgIpc) is 2.36. The second-order valence-electron chi connectivity index (χ2n) is 4.06. The lowest BCUT2D eigenvalue weighted by Gasteiger charge is -2.08. The van der Waals surface area contributed by atoms with Gasteiger partial charge < -0.3 is 5.32 Å². The molecule has 0 aliphatic heterocycles. The summed E-state index contributed by atoms with van der Waals surface area (Å²) in [5.41, 5.74) is 2.29. The monoisotopic (exact) mass is 278 g/mol. The zero-order valence-electron chi connectivity index (χ0n) is 10.4. The number of nitrogens with one attached hydrogen (secondary N) is 2. The summed E-state index contributed by atoms with van der Waals surface area (Å²) in [6.07, 6.45) is 6.03. The van der Waals surface area contributed by atoms with E-state index in [-0.39, 0.29) is 0 Å². The van der Waals surface area contributed by atoms with E-state index < -0.39 is 10.0 Å². The summed E-state index contributed by atoms with van der Waals surface area (Å²) in [5.74, 6) is 0. The Kier molecular flexibility index (Phi) is 3.96. The van der Waals surface area contributed by atoms with Crippen molar-refractivity contribution in [3.63, 3.8) is 0 Å². The quantitative estimate of drug-likeness (QED) is 0.865. The molecule has 19 heavy (non-hydrogen) atoms. The van der Waals surface area contributed by atoms with Crippen LogP contribution < -0.4 is 10.0 Å². The van der Waals surface area contributed by atoms with Crippen LogP contribution in [0.1, 0.15) is 5.56 Å². The Morgan fingerprint density at radius 2 is 1.84 bits per heavy atom. The summed E-state index contributed by atoms with van der Waals surface area (Å²) in [5, 5.41) is 3.17. The Balaban J connectivity index is 2.03. The van der Waals surface area contributed by atoms with E-state index in [1.54, 1.807) is 30.6 Å². The highest BCUT2D eigenvalue weighted by molar-refractivity contribution is 7.92. The number of hydrogen-bond donors (Lipinski definition) is 2. The van der Waals surface area contributed by atoms with Crippen molar-refractivity contribution in [2.45, 2.75) is 6.54 Å². The molecular weight excluding hydrogens is 264 g/mol. The van der Waals surface area contributed by atoms with Gasteiger partial charge in [0.05, 0.1) is 11.9 Å². The molecule has 0 aliphatic rings. The van der Waals surface area contributed by atoms with Crippen molar-refractivity contribution in [1.82, 2.24) is 9.97 Å². The van der Waals surface area contributed by atoms with E-state index in [0.717, 1.165) is 17.5 Å². The van der Waals surface area contributed by atoms with Gasteiger partial charge >= 0.3 is 0 Å². The van der Waals surface area contributed by atoms with Gasteiger partial charge in [-0.2, -0.15) is 0 Å². The Bertz CT molecular complexity index is 644. The van der Waals surface area contributed by atoms with Gasteiger partial charge in [-0.1, -0.05) is 6.07 Å². The topological polar surface area (TPSA) is 84.0 Å². The minimum absolute atomic E-state index is 0.525. The summed E-state index contributed by atoms with van der Waals surface area (Å²) in [7, 11) is -3.26.